The molecular weight excluding hydrogens is 352 g/mol. The van der Waals surface area contributed by atoms with Crippen molar-refractivity contribution in [1.29, 1.82) is 0 Å². The molecule has 0 saturated heterocycles. The van der Waals surface area contributed by atoms with Gasteiger partial charge < -0.3 is 10.1 Å². The SMILES string of the molecule is Cc1nn(C)c(C)c1NC(=O)[C@H](C)OC(=O)/C=C/c1ccc([N+](=O)[O-])cc1. The third-order valence-electron chi connectivity index (χ3n) is 3.94. The number of nitrogens with zero attached hydrogens (tertiary/aromatic N) is 3. The molecule has 0 aliphatic carbocycles. The molecule has 0 saturated carbocycles. The molecule has 1 N–H and O–H groups in total. The van der Waals surface area contributed by atoms with Crippen molar-refractivity contribution in [3.05, 3.63) is 57.4 Å². The number of carbonyl (C=O) groups is 2. The normalized spacial score (nSPS) is 12.0. The molecule has 1 atom stereocenters. The molecule has 142 valence electrons. The van der Waals surface area contributed by atoms with Gasteiger partial charge in [-0.25, -0.2) is 4.79 Å². The molecule has 1 aromatic carbocycles. The van der Waals surface area contributed by atoms with Crippen molar-refractivity contribution in [3.63, 3.8) is 0 Å². The van der Waals surface area contributed by atoms with Crippen LogP contribution in [0.3, 0.4) is 0 Å². The quantitative estimate of drug-likeness (QED) is 0.360. The molecule has 2 aromatic rings. The second-order valence-electron chi connectivity index (χ2n) is 5.92. The molecule has 0 aliphatic rings. The van der Waals surface area contributed by atoms with Crippen molar-refractivity contribution in [2.75, 3.05) is 5.32 Å². The molecule has 0 radical (unpaired) electrons. The summed E-state index contributed by atoms with van der Waals surface area (Å²) in [6.07, 6.45) is 1.61. The average Bonchev–Trinajstić information content (AvgIpc) is 2.86. The maximum Gasteiger partial charge on any atom is 0.331 e. The topological polar surface area (TPSA) is 116 Å². The first-order valence-electron chi connectivity index (χ1n) is 8.13. The molecule has 1 aromatic heterocycles. The van der Waals surface area contributed by atoms with Gasteiger partial charge in [-0.3, -0.25) is 19.6 Å². The lowest BCUT2D eigenvalue weighted by Crippen LogP contribution is -2.29. The molecule has 0 aliphatic heterocycles. The minimum atomic E-state index is -1.00. The average molecular weight is 372 g/mol. The third-order valence-corrected chi connectivity index (χ3v) is 3.94. The lowest BCUT2D eigenvalue weighted by atomic mass is 10.2. The molecule has 27 heavy (non-hydrogen) atoms. The summed E-state index contributed by atoms with van der Waals surface area (Å²) in [5.74, 6) is -1.16. The minimum Gasteiger partial charge on any atom is -0.449 e. The van der Waals surface area contributed by atoms with Crippen LogP contribution < -0.4 is 5.32 Å². The number of nitrogens with one attached hydrogen (secondary N) is 1. The lowest BCUT2D eigenvalue weighted by Gasteiger charge is -2.12. The van der Waals surface area contributed by atoms with E-state index in [0.717, 1.165) is 11.8 Å². The van der Waals surface area contributed by atoms with Crippen LogP contribution >= 0.6 is 0 Å². The number of carbonyl (C=O) groups excluding carboxylic acids is 2. The van der Waals surface area contributed by atoms with Crippen LogP contribution in [0, 0.1) is 24.0 Å². The number of amides is 1. The Morgan fingerprint density at radius 3 is 2.44 bits per heavy atom. The van der Waals surface area contributed by atoms with Crippen LogP contribution in [-0.2, 0) is 21.4 Å². The largest absolute Gasteiger partial charge is 0.449 e. The fourth-order valence-electron chi connectivity index (χ4n) is 2.32. The summed E-state index contributed by atoms with van der Waals surface area (Å²) in [6.45, 7) is 5.05. The Hall–Kier alpha value is -3.49. The molecule has 1 heterocycles. The highest BCUT2D eigenvalue weighted by molar-refractivity contribution is 5.97. The molecule has 1 amide bonds. The Balaban J connectivity index is 1.94. The number of nitro groups is 1. The van der Waals surface area contributed by atoms with Gasteiger partial charge in [0.1, 0.15) is 0 Å². The molecule has 9 heteroatoms. The highest BCUT2D eigenvalue weighted by Crippen LogP contribution is 2.19. The maximum absolute atomic E-state index is 12.2. The van der Waals surface area contributed by atoms with Crippen LogP contribution in [-0.4, -0.2) is 32.7 Å². The molecule has 9 nitrogen and oxygen atoms in total. The highest BCUT2D eigenvalue weighted by atomic mass is 16.6. The van der Waals surface area contributed by atoms with Gasteiger partial charge in [-0.1, -0.05) is 0 Å². The Morgan fingerprint density at radius 1 is 1.30 bits per heavy atom. The second-order valence-corrected chi connectivity index (χ2v) is 5.92. The summed E-state index contributed by atoms with van der Waals surface area (Å²) < 4.78 is 6.73. The number of anilines is 1. The number of nitro benzene ring substituents is 1. The van der Waals surface area contributed by atoms with Crippen molar-refractivity contribution in [2.24, 2.45) is 7.05 Å². The van der Waals surface area contributed by atoms with Crippen molar-refractivity contribution < 1.29 is 19.2 Å². The van der Waals surface area contributed by atoms with E-state index in [1.54, 1.807) is 18.7 Å². The van der Waals surface area contributed by atoms with Crippen molar-refractivity contribution in [3.8, 4) is 0 Å². The van der Waals surface area contributed by atoms with Crippen LogP contribution in [0.4, 0.5) is 11.4 Å². The Kier molecular flexibility index (Phi) is 6.07. The van der Waals surface area contributed by atoms with Crippen LogP contribution in [0.25, 0.3) is 6.08 Å². The summed E-state index contributed by atoms with van der Waals surface area (Å²) in [7, 11) is 1.77. The molecule has 0 unspecified atom stereocenters. The fraction of sp³-hybridized carbons (Fsp3) is 0.278. The standard InChI is InChI=1S/C18H20N4O5/c1-11-17(12(2)21(4)20-11)19-18(24)13(3)27-16(23)10-7-14-5-8-15(9-6-14)22(25)26/h5-10,13H,1-4H3,(H,19,24)/b10-7+/t13-/m0/s1. The number of esters is 1. The summed E-state index contributed by atoms with van der Waals surface area (Å²) in [6, 6.07) is 5.68. The maximum atomic E-state index is 12.2. The van der Waals surface area contributed by atoms with Gasteiger partial charge >= 0.3 is 5.97 Å². The van der Waals surface area contributed by atoms with E-state index < -0.39 is 22.9 Å². The fourth-order valence-corrected chi connectivity index (χ4v) is 2.32. The molecule has 2 rings (SSSR count). The van der Waals surface area contributed by atoms with Gasteiger partial charge in [0.05, 0.1) is 22.0 Å². The van der Waals surface area contributed by atoms with E-state index in [9.17, 15) is 19.7 Å². The van der Waals surface area contributed by atoms with Crippen molar-refractivity contribution in [1.82, 2.24) is 9.78 Å². The first kappa shape index (κ1) is 19.8. The number of rotatable bonds is 6. The number of aryl methyl sites for hydroxylation is 2. The number of non-ortho nitro benzene ring substituents is 1. The summed E-state index contributed by atoms with van der Waals surface area (Å²) >= 11 is 0. The Bertz CT molecular complexity index is 899. The van der Waals surface area contributed by atoms with Crippen LogP contribution in [0.5, 0.6) is 0 Å². The van der Waals surface area contributed by atoms with Crippen LogP contribution in [0.1, 0.15) is 23.9 Å². The van der Waals surface area contributed by atoms with Crippen LogP contribution in [0.15, 0.2) is 30.3 Å². The highest BCUT2D eigenvalue weighted by Gasteiger charge is 2.20. The molecule has 0 spiro atoms. The first-order valence-corrected chi connectivity index (χ1v) is 8.13. The number of hydrogen-bond acceptors (Lipinski definition) is 6. The minimum absolute atomic E-state index is 0.0407. The van der Waals surface area contributed by atoms with Crippen LogP contribution in [0.2, 0.25) is 0 Å². The van der Waals surface area contributed by atoms with E-state index in [1.807, 2.05) is 6.92 Å². The van der Waals surface area contributed by atoms with Gasteiger partial charge in [0.25, 0.3) is 11.6 Å². The number of aromatic nitrogens is 2. The Morgan fingerprint density at radius 2 is 1.93 bits per heavy atom. The van der Waals surface area contributed by atoms with Crippen molar-refractivity contribution in [2.45, 2.75) is 26.9 Å². The lowest BCUT2D eigenvalue weighted by molar-refractivity contribution is -0.384. The van der Waals surface area contributed by atoms with Gasteiger partial charge in [-0.15, -0.1) is 0 Å². The predicted molar refractivity (Wildman–Crippen MR) is 99.0 cm³/mol. The van der Waals surface area contributed by atoms with Gasteiger partial charge in [-0.05, 0) is 44.5 Å². The summed E-state index contributed by atoms with van der Waals surface area (Å²) in [4.78, 5) is 34.2. The summed E-state index contributed by atoms with van der Waals surface area (Å²) in [5, 5.41) is 17.5. The molecule has 0 fully saturated rings. The number of benzene rings is 1. The zero-order chi connectivity index (χ0) is 20.1. The van der Waals surface area contributed by atoms with E-state index in [1.165, 1.54) is 37.3 Å². The first-order chi connectivity index (χ1) is 12.7. The van der Waals surface area contributed by atoms with E-state index in [-0.39, 0.29) is 5.69 Å². The van der Waals surface area contributed by atoms with Gasteiger partial charge in [0.2, 0.25) is 0 Å². The van der Waals surface area contributed by atoms with E-state index in [4.69, 9.17) is 4.74 Å². The van der Waals surface area contributed by atoms with Gasteiger partial charge in [0, 0.05) is 25.3 Å². The van der Waals surface area contributed by atoms with E-state index >= 15 is 0 Å². The van der Waals surface area contributed by atoms with Crippen molar-refractivity contribution >= 4 is 29.3 Å². The zero-order valence-electron chi connectivity index (χ0n) is 15.4. The third kappa shape index (κ3) is 5.00. The second kappa shape index (κ2) is 8.26. The summed E-state index contributed by atoms with van der Waals surface area (Å²) in [5.41, 5.74) is 2.60. The van der Waals surface area contributed by atoms with E-state index in [2.05, 4.69) is 10.4 Å². The zero-order valence-corrected chi connectivity index (χ0v) is 15.4. The monoisotopic (exact) mass is 372 g/mol. The Labute approximate surface area is 155 Å². The predicted octanol–water partition coefficient (Wildman–Crippen LogP) is 2.53. The molecule has 0 bridgehead atoms. The van der Waals surface area contributed by atoms with Gasteiger partial charge in [-0.2, -0.15) is 5.10 Å². The number of hydrogen-bond donors (Lipinski definition) is 1. The van der Waals surface area contributed by atoms with E-state index in [0.29, 0.717) is 16.9 Å². The number of ether oxygens (including phenoxy) is 1. The molecular formula is C18H20N4O5. The van der Waals surface area contributed by atoms with Gasteiger partial charge in [0.15, 0.2) is 6.10 Å². The smallest absolute Gasteiger partial charge is 0.331 e.